The van der Waals surface area contributed by atoms with Crippen molar-refractivity contribution in [2.75, 3.05) is 0 Å². The van der Waals surface area contributed by atoms with Crippen LogP contribution < -0.4 is 0 Å². The van der Waals surface area contributed by atoms with Crippen molar-refractivity contribution in [2.24, 2.45) is 0 Å². The Morgan fingerprint density at radius 1 is 0.737 bits per heavy atom. The van der Waals surface area contributed by atoms with Gasteiger partial charge in [-0.25, -0.2) is 0 Å². The lowest BCUT2D eigenvalue weighted by atomic mass is 10.2. The first-order valence-electron chi connectivity index (χ1n) is 5.87. The molecule has 0 aliphatic heterocycles. The SMILES string of the molecule is C(=C/c1ccccc1)/OOS/C=C/c1ccccc1. The van der Waals surface area contributed by atoms with E-state index in [4.69, 9.17) is 9.22 Å². The standard InChI is InChI=1S/C16H14O2S/c1-3-7-15(8-4-1)11-13-17-18-19-14-12-16-9-5-2-6-10-16/h1-14H/b13-11-,14-12+. The summed E-state index contributed by atoms with van der Waals surface area (Å²) in [5, 5.41) is 1.83. The quantitative estimate of drug-likeness (QED) is 0.244. The molecule has 3 heteroatoms. The number of benzene rings is 2. The van der Waals surface area contributed by atoms with E-state index in [-0.39, 0.29) is 0 Å². The van der Waals surface area contributed by atoms with Gasteiger partial charge >= 0.3 is 0 Å². The second-order valence-electron chi connectivity index (χ2n) is 3.69. The van der Waals surface area contributed by atoms with Gasteiger partial charge < -0.3 is 4.89 Å². The molecule has 0 radical (unpaired) electrons. The summed E-state index contributed by atoms with van der Waals surface area (Å²) >= 11 is 1.13. The van der Waals surface area contributed by atoms with Crippen LogP contribution in [-0.2, 0) is 9.22 Å². The lowest BCUT2D eigenvalue weighted by molar-refractivity contribution is -0.127. The third-order valence-electron chi connectivity index (χ3n) is 2.31. The van der Waals surface area contributed by atoms with Crippen LogP contribution in [-0.4, -0.2) is 0 Å². The van der Waals surface area contributed by atoms with Gasteiger partial charge in [0, 0.05) is 5.41 Å². The van der Waals surface area contributed by atoms with E-state index in [2.05, 4.69) is 0 Å². The van der Waals surface area contributed by atoms with Crippen molar-refractivity contribution in [3.8, 4) is 0 Å². The summed E-state index contributed by atoms with van der Waals surface area (Å²) in [5.74, 6) is 0. The average molecular weight is 270 g/mol. The second-order valence-corrected chi connectivity index (χ2v) is 4.29. The summed E-state index contributed by atoms with van der Waals surface area (Å²) in [7, 11) is 0. The molecule has 2 aromatic carbocycles. The predicted octanol–water partition coefficient (Wildman–Crippen LogP) is 4.92. The van der Waals surface area contributed by atoms with Crippen molar-refractivity contribution in [3.63, 3.8) is 0 Å². The molecule has 0 aliphatic rings. The lowest BCUT2D eigenvalue weighted by Gasteiger charge is -1.95. The molecule has 0 aliphatic carbocycles. The Hall–Kier alpha value is -1.97. The van der Waals surface area contributed by atoms with E-state index in [0.29, 0.717) is 0 Å². The average Bonchev–Trinajstić information content (AvgIpc) is 2.48. The minimum Gasteiger partial charge on any atom is -0.333 e. The van der Waals surface area contributed by atoms with Gasteiger partial charge in [0.05, 0.1) is 12.0 Å². The number of rotatable bonds is 6. The first kappa shape index (κ1) is 13.5. The van der Waals surface area contributed by atoms with E-state index >= 15 is 0 Å². The fourth-order valence-corrected chi connectivity index (χ4v) is 1.76. The highest BCUT2D eigenvalue weighted by Gasteiger charge is 1.85. The van der Waals surface area contributed by atoms with Gasteiger partial charge in [0.15, 0.2) is 0 Å². The number of hydrogen-bond donors (Lipinski definition) is 0. The first-order chi connectivity index (χ1) is 9.45. The summed E-state index contributed by atoms with van der Waals surface area (Å²) in [6.07, 6.45) is 5.30. The molecule has 0 amide bonds. The number of hydrogen-bond acceptors (Lipinski definition) is 3. The van der Waals surface area contributed by atoms with Crippen LogP contribution in [0.1, 0.15) is 11.1 Å². The first-order valence-corrected chi connectivity index (χ1v) is 6.67. The minimum absolute atomic E-state index is 1.07. The van der Waals surface area contributed by atoms with Crippen molar-refractivity contribution in [3.05, 3.63) is 83.5 Å². The second kappa shape index (κ2) is 8.19. The Balaban J connectivity index is 1.65. The van der Waals surface area contributed by atoms with Crippen LogP contribution in [0.15, 0.2) is 72.3 Å². The van der Waals surface area contributed by atoms with Crippen LogP contribution in [0.4, 0.5) is 0 Å². The fraction of sp³-hybridized carbons (Fsp3) is 0. The molecular formula is C16H14O2S. The summed E-state index contributed by atoms with van der Waals surface area (Å²) in [5.41, 5.74) is 2.19. The van der Waals surface area contributed by atoms with Crippen molar-refractivity contribution >= 4 is 24.2 Å². The van der Waals surface area contributed by atoms with Crippen molar-refractivity contribution < 1.29 is 9.22 Å². The molecule has 19 heavy (non-hydrogen) atoms. The van der Waals surface area contributed by atoms with Gasteiger partial charge in [-0.05, 0) is 23.3 Å². The highest BCUT2D eigenvalue weighted by Crippen LogP contribution is 2.10. The summed E-state index contributed by atoms with van der Waals surface area (Å²) in [6.45, 7) is 0. The van der Waals surface area contributed by atoms with Gasteiger partial charge in [0.2, 0.25) is 0 Å². The van der Waals surface area contributed by atoms with E-state index < -0.39 is 0 Å². The van der Waals surface area contributed by atoms with E-state index in [1.165, 1.54) is 6.26 Å². The van der Waals surface area contributed by atoms with E-state index in [1.807, 2.05) is 78.2 Å². The lowest BCUT2D eigenvalue weighted by Crippen LogP contribution is -1.75. The highest BCUT2D eigenvalue weighted by molar-refractivity contribution is 7.97. The van der Waals surface area contributed by atoms with Crippen LogP contribution in [0.3, 0.4) is 0 Å². The van der Waals surface area contributed by atoms with Crippen LogP contribution in [0.2, 0.25) is 0 Å². The van der Waals surface area contributed by atoms with Gasteiger partial charge in [-0.3, -0.25) is 0 Å². The Bertz CT molecular complexity index is 471. The molecule has 0 fully saturated rings. The summed E-state index contributed by atoms with van der Waals surface area (Å²) < 4.78 is 4.92. The maximum atomic E-state index is 4.92. The zero-order valence-electron chi connectivity index (χ0n) is 10.3. The van der Waals surface area contributed by atoms with Crippen molar-refractivity contribution in [1.29, 1.82) is 0 Å². The molecule has 2 aromatic rings. The van der Waals surface area contributed by atoms with Crippen molar-refractivity contribution in [2.45, 2.75) is 0 Å². The maximum absolute atomic E-state index is 4.92. The Labute approximate surface area is 117 Å². The molecule has 0 spiro atoms. The molecule has 0 aromatic heterocycles. The Morgan fingerprint density at radius 2 is 1.32 bits per heavy atom. The third-order valence-corrected chi connectivity index (χ3v) is 2.71. The zero-order valence-corrected chi connectivity index (χ0v) is 11.1. The van der Waals surface area contributed by atoms with Crippen LogP contribution in [0, 0.1) is 0 Å². The molecule has 0 bridgehead atoms. The minimum atomic E-state index is 1.07. The predicted molar refractivity (Wildman–Crippen MR) is 80.7 cm³/mol. The molecule has 96 valence electrons. The molecule has 0 N–H and O–H groups in total. The summed E-state index contributed by atoms with van der Waals surface area (Å²) in [4.78, 5) is 4.91. The van der Waals surface area contributed by atoms with Gasteiger partial charge in [-0.2, -0.15) is 0 Å². The molecule has 0 atom stereocenters. The monoisotopic (exact) mass is 270 g/mol. The zero-order chi connectivity index (χ0) is 13.2. The highest BCUT2D eigenvalue weighted by atomic mass is 32.2. The Morgan fingerprint density at radius 3 is 1.95 bits per heavy atom. The van der Waals surface area contributed by atoms with Gasteiger partial charge in [0.25, 0.3) is 0 Å². The van der Waals surface area contributed by atoms with Crippen LogP contribution in [0.25, 0.3) is 12.2 Å². The van der Waals surface area contributed by atoms with Crippen molar-refractivity contribution in [1.82, 2.24) is 0 Å². The third kappa shape index (κ3) is 5.46. The van der Waals surface area contributed by atoms with Crippen LogP contribution >= 0.6 is 12.0 Å². The fourth-order valence-electron chi connectivity index (χ4n) is 1.41. The smallest absolute Gasteiger partial charge is 0.131 e. The molecule has 0 unspecified atom stereocenters. The Kier molecular flexibility index (Phi) is 5.80. The van der Waals surface area contributed by atoms with E-state index in [1.54, 1.807) is 0 Å². The normalized spacial score (nSPS) is 11.2. The van der Waals surface area contributed by atoms with Gasteiger partial charge in [0.1, 0.15) is 6.26 Å². The molecule has 0 saturated carbocycles. The summed E-state index contributed by atoms with van der Waals surface area (Å²) in [6, 6.07) is 19.9. The topological polar surface area (TPSA) is 18.5 Å². The van der Waals surface area contributed by atoms with E-state index in [0.717, 1.165) is 23.2 Å². The molecule has 2 rings (SSSR count). The van der Waals surface area contributed by atoms with E-state index in [9.17, 15) is 0 Å². The molecule has 2 nitrogen and oxygen atoms in total. The van der Waals surface area contributed by atoms with Crippen LogP contribution in [0.5, 0.6) is 0 Å². The van der Waals surface area contributed by atoms with Gasteiger partial charge in [-0.15, -0.1) is 4.33 Å². The molecule has 0 heterocycles. The largest absolute Gasteiger partial charge is 0.333 e. The molecular weight excluding hydrogens is 256 g/mol. The maximum Gasteiger partial charge on any atom is 0.131 e. The molecule has 0 saturated heterocycles. The van der Waals surface area contributed by atoms with Gasteiger partial charge in [-0.1, -0.05) is 60.7 Å².